The Kier molecular flexibility index (Phi) is 7.41. The van der Waals surface area contributed by atoms with Crippen LogP contribution in [0.5, 0.6) is 0 Å². The second-order valence-corrected chi connectivity index (χ2v) is 2.92. The fourth-order valence-corrected chi connectivity index (χ4v) is 0.695. The zero-order valence-electron chi connectivity index (χ0n) is 6.28. The fourth-order valence-electron chi connectivity index (χ4n) is 0.328. The summed E-state index contributed by atoms with van der Waals surface area (Å²) in [4.78, 5) is 16.3. The van der Waals surface area contributed by atoms with Gasteiger partial charge in [0.25, 0.3) is 0 Å². The summed E-state index contributed by atoms with van der Waals surface area (Å²) in [6.07, 6.45) is 1.56. The van der Waals surface area contributed by atoms with Crippen LogP contribution in [0.25, 0.3) is 0 Å². The molecule has 10 heavy (non-hydrogen) atoms. The van der Waals surface area contributed by atoms with Crippen molar-refractivity contribution < 1.29 is 18.9 Å². The van der Waals surface area contributed by atoms with E-state index in [9.17, 15) is 4.57 Å². The van der Waals surface area contributed by atoms with Crippen LogP contribution in [0.1, 0.15) is 19.8 Å². The lowest BCUT2D eigenvalue weighted by molar-refractivity contribution is 0.194. The zero-order valence-corrected chi connectivity index (χ0v) is 7.17. The van der Waals surface area contributed by atoms with E-state index in [0.29, 0.717) is 6.42 Å². The van der Waals surface area contributed by atoms with Crippen molar-refractivity contribution in [3.8, 4) is 0 Å². The third-order valence-electron chi connectivity index (χ3n) is 0.757. The standard InChI is InChI=1S/C4H11O4P.H3N/c1-2-3-4-8-9(5,6)7;/h2-4H2,1H3,(H2,5,6,7);1H3/p+1. The Balaban J connectivity index is 0. The SMILES string of the molecule is CCCCOP(=O)(O)O.[NH4+]. The number of rotatable bonds is 4. The number of hydrogen-bond acceptors (Lipinski definition) is 2. The summed E-state index contributed by atoms with van der Waals surface area (Å²) in [5.41, 5.74) is 0. The Bertz CT molecular complexity index is 112. The highest BCUT2D eigenvalue weighted by Crippen LogP contribution is 2.35. The van der Waals surface area contributed by atoms with Crippen molar-refractivity contribution in [1.82, 2.24) is 6.15 Å². The maximum atomic E-state index is 9.98. The van der Waals surface area contributed by atoms with E-state index in [2.05, 4.69) is 4.52 Å². The molecule has 0 aliphatic heterocycles. The molecule has 0 unspecified atom stereocenters. The molecule has 6 heteroatoms. The van der Waals surface area contributed by atoms with Gasteiger partial charge in [0.1, 0.15) is 0 Å². The number of quaternary nitrogens is 1. The molecule has 0 saturated carbocycles. The van der Waals surface area contributed by atoms with Crippen molar-refractivity contribution in [2.45, 2.75) is 19.8 Å². The monoisotopic (exact) mass is 172 g/mol. The van der Waals surface area contributed by atoms with Crippen molar-refractivity contribution in [3.05, 3.63) is 0 Å². The van der Waals surface area contributed by atoms with E-state index in [4.69, 9.17) is 9.79 Å². The third kappa shape index (κ3) is 10.9. The van der Waals surface area contributed by atoms with Gasteiger partial charge in [0.15, 0.2) is 0 Å². The fraction of sp³-hybridized carbons (Fsp3) is 1.00. The molecule has 0 aliphatic rings. The molecule has 0 bridgehead atoms. The van der Waals surface area contributed by atoms with Gasteiger partial charge < -0.3 is 15.9 Å². The molecule has 5 nitrogen and oxygen atoms in total. The van der Waals surface area contributed by atoms with Gasteiger partial charge in [0, 0.05) is 0 Å². The molecule has 0 rings (SSSR count). The second-order valence-electron chi connectivity index (χ2n) is 1.68. The van der Waals surface area contributed by atoms with Crippen LogP contribution in [0.4, 0.5) is 0 Å². The largest absolute Gasteiger partial charge is 0.469 e. The first kappa shape index (κ1) is 12.7. The summed E-state index contributed by atoms with van der Waals surface area (Å²) in [5, 5.41) is 0. The van der Waals surface area contributed by atoms with Crippen molar-refractivity contribution >= 4 is 7.82 Å². The molecule has 6 N–H and O–H groups in total. The molecule has 0 atom stereocenters. The first-order valence-electron chi connectivity index (χ1n) is 2.76. The summed E-state index contributed by atoms with van der Waals surface area (Å²) < 4.78 is 14.1. The van der Waals surface area contributed by atoms with Crippen molar-refractivity contribution in [3.63, 3.8) is 0 Å². The van der Waals surface area contributed by atoms with Gasteiger partial charge in [-0.05, 0) is 6.42 Å². The minimum absolute atomic E-state index is 0. The Morgan fingerprint density at radius 1 is 1.50 bits per heavy atom. The van der Waals surface area contributed by atoms with Crippen LogP contribution >= 0.6 is 7.82 Å². The number of unbranched alkanes of at least 4 members (excludes halogenated alkanes) is 1. The molecule has 0 aromatic heterocycles. The summed E-state index contributed by atoms with van der Waals surface area (Å²) in [6.45, 7) is 2.06. The minimum Gasteiger partial charge on any atom is -0.369 e. The average Bonchev–Trinajstić information content (AvgIpc) is 1.63. The van der Waals surface area contributed by atoms with Gasteiger partial charge in [-0.25, -0.2) is 4.57 Å². The summed E-state index contributed by atoms with van der Waals surface area (Å²) in [7, 11) is -4.20. The van der Waals surface area contributed by atoms with Crippen molar-refractivity contribution in [1.29, 1.82) is 0 Å². The quantitative estimate of drug-likeness (QED) is 0.438. The van der Waals surface area contributed by atoms with Crippen LogP contribution in [0.15, 0.2) is 0 Å². The second kappa shape index (κ2) is 5.82. The van der Waals surface area contributed by atoms with E-state index in [1.165, 1.54) is 0 Å². The van der Waals surface area contributed by atoms with E-state index < -0.39 is 7.82 Å². The predicted molar refractivity (Wildman–Crippen MR) is 38.9 cm³/mol. The van der Waals surface area contributed by atoms with Crippen molar-refractivity contribution in [2.75, 3.05) is 6.61 Å². The molecule has 0 aromatic carbocycles. The lowest BCUT2D eigenvalue weighted by Gasteiger charge is -2.02. The molecule has 0 fully saturated rings. The maximum Gasteiger partial charge on any atom is 0.469 e. The van der Waals surface area contributed by atoms with Gasteiger partial charge in [0.05, 0.1) is 6.61 Å². The van der Waals surface area contributed by atoms with Gasteiger partial charge in [0.2, 0.25) is 0 Å². The van der Waals surface area contributed by atoms with E-state index in [1.54, 1.807) is 0 Å². The van der Waals surface area contributed by atoms with Gasteiger partial charge in [-0.15, -0.1) is 0 Å². The van der Waals surface area contributed by atoms with Crippen LogP contribution in [0.2, 0.25) is 0 Å². The molecule has 64 valence electrons. The highest BCUT2D eigenvalue weighted by molar-refractivity contribution is 7.46. The van der Waals surface area contributed by atoms with E-state index in [1.807, 2.05) is 6.92 Å². The predicted octanol–water partition coefficient (Wildman–Crippen LogP) is 1.27. The molecular formula is C4H15NO4P+. The molecule has 0 radical (unpaired) electrons. The minimum atomic E-state index is -4.20. The zero-order chi connectivity index (χ0) is 7.33. The van der Waals surface area contributed by atoms with E-state index in [0.717, 1.165) is 6.42 Å². The molecular weight excluding hydrogens is 157 g/mol. The highest BCUT2D eigenvalue weighted by Gasteiger charge is 2.11. The molecule has 0 aromatic rings. The highest BCUT2D eigenvalue weighted by atomic mass is 31.2. The normalized spacial score (nSPS) is 10.7. The first-order chi connectivity index (χ1) is 4.06. The molecule has 0 aliphatic carbocycles. The van der Waals surface area contributed by atoms with Crippen LogP contribution in [-0.4, -0.2) is 16.4 Å². The van der Waals surface area contributed by atoms with E-state index in [-0.39, 0.29) is 12.8 Å². The number of phosphoric ester groups is 1. The summed E-state index contributed by atoms with van der Waals surface area (Å²) in [6, 6.07) is 0. The molecule has 0 heterocycles. The van der Waals surface area contributed by atoms with Gasteiger partial charge in [-0.2, -0.15) is 0 Å². The average molecular weight is 172 g/mol. The van der Waals surface area contributed by atoms with Crippen LogP contribution in [0, 0.1) is 0 Å². The van der Waals surface area contributed by atoms with Crippen LogP contribution < -0.4 is 6.15 Å². The van der Waals surface area contributed by atoms with Crippen LogP contribution in [-0.2, 0) is 9.09 Å². The number of hydrogen-bond donors (Lipinski definition) is 3. The van der Waals surface area contributed by atoms with E-state index >= 15 is 0 Å². The molecule has 0 amide bonds. The number of phosphoric acid groups is 1. The lowest BCUT2D eigenvalue weighted by Crippen LogP contribution is -1.90. The summed E-state index contributed by atoms with van der Waals surface area (Å²) in [5.74, 6) is 0. The van der Waals surface area contributed by atoms with Crippen molar-refractivity contribution in [2.24, 2.45) is 0 Å². The van der Waals surface area contributed by atoms with Gasteiger partial charge >= 0.3 is 7.82 Å². The molecule has 0 spiro atoms. The smallest absolute Gasteiger partial charge is 0.369 e. The maximum absolute atomic E-state index is 9.98. The van der Waals surface area contributed by atoms with Gasteiger partial charge in [-0.1, -0.05) is 13.3 Å². The first-order valence-corrected chi connectivity index (χ1v) is 4.29. The van der Waals surface area contributed by atoms with Crippen LogP contribution in [0.3, 0.4) is 0 Å². The Morgan fingerprint density at radius 2 is 2.00 bits per heavy atom. The summed E-state index contributed by atoms with van der Waals surface area (Å²) >= 11 is 0. The molecule has 0 saturated heterocycles. The lowest BCUT2D eigenvalue weighted by atomic mass is 10.4. The Hall–Kier alpha value is 0.0700. The Morgan fingerprint density at radius 3 is 2.30 bits per heavy atom. The third-order valence-corrected chi connectivity index (χ3v) is 1.28. The Labute approximate surface area is 60.2 Å². The van der Waals surface area contributed by atoms with Gasteiger partial charge in [-0.3, -0.25) is 4.52 Å². The topological polar surface area (TPSA) is 103 Å².